The lowest BCUT2D eigenvalue weighted by Crippen LogP contribution is -2.49. The first-order chi connectivity index (χ1) is 14.3. The molecule has 2 saturated heterocycles. The number of imide groups is 1. The third kappa shape index (κ3) is 5.71. The van der Waals surface area contributed by atoms with Crippen LogP contribution in [0.3, 0.4) is 0 Å². The first-order valence-electron chi connectivity index (χ1n) is 11.1. The summed E-state index contributed by atoms with van der Waals surface area (Å²) in [6.45, 7) is 7.83. The van der Waals surface area contributed by atoms with Gasteiger partial charge in [-0.25, -0.2) is 9.59 Å². The van der Waals surface area contributed by atoms with Crippen molar-refractivity contribution in [1.29, 1.82) is 0 Å². The molecule has 4 amide bonds. The monoisotopic (exact) mass is 425 g/mol. The van der Waals surface area contributed by atoms with Gasteiger partial charge < -0.3 is 9.74 Å². The van der Waals surface area contributed by atoms with Crippen molar-refractivity contribution in [3.8, 4) is 0 Å². The Kier molecular flexibility index (Phi) is 9.08. The molecule has 0 saturated carbocycles. The number of carbonyl (C=O) groups is 4. The van der Waals surface area contributed by atoms with Gasteiger partial charge in [0.1, 0.15) is 6.04 Å². The summed E-state index contributed by atoms with van der Waals surface area (Å²) in [6.07, 6.45) is 6.29. The second kappa shape index (κ2) is 11.3. The summed E-state index contributed by atoms with van der Waals surface area (Å²) in [5, 5.41) is 1.91. The molecule has 170 valence electrons. The summed E-state index contributed by atoms with van der Waals surface area (Å²) in [4.78, 5) is 62.3. The minimum Gasteiger partial charge on any atom is -0.328 e. The highest BCUT2D eigenvalue weighted by Gasteiger charge is 2.49. The molecule has 0 aromatic heterocycles. The van der Waals surface area contributed by atoms with Crippen LogP contribution in [0.25, 0.3) is 0 Å². The number of hydrogen-bond donors (Lipinski definition) is 0. The van der Waals surface area contributed by atoms with Gasteiger partial charge in [0.25, 0.3) is 11.8 Å². The standard InChI is InChI=1S/C21H35N3O6/c1-5-7-9-10-15(3)19(26)23(16(4)25)30-20(27)18-12-11-17-14-22(18)21(28)24(17)29-13-8-6-2/h15,17-18H,5-14H2,1-4H3/t15-,17+,18+/m1/s1. The summed E-state index contributed by atoms with van der Waals surface area (Å²) < 4.78 is 0. The molecular weight excluding hydrogens is 390 g/mol. The number of piperidine rings is 1. The van der Waals surface area contributed by atoms with Crippen LogP contribution < -0.4 is 0 Å². The van der Waals surface area contributed by atoms with Gasteiger partial charge in [-0.15, -0.1) is 5.06 Å². The van der Waals surface area contributed by atoms with E-state index < -0.39 is 29.7 Å². The van der Waals surface area contributed by atoms with E-state index >= 15 is 0 Å². The topological polar surface area (TPSA) is 96.5 Å². The van der Waals surface area contributed by atoms with Gasteiger partial charge in [0.05, 0.1) is 12.6 Å². The summed E-state index contributed by atoms with van der Waals surface area (Å²) in [5.74, 6) is -2.37. The second-order valence-electron chi connectivity index (χ2n) is 8.15. The van der Waals surface area contributed by atoms with Crippen LogP contribution in [0.15, 0.2) is 0 Å². The van der Waals surface area contributed by atoms with Crippen molar-refractivity contribution in [3.63, 3.8) is 0 Å². The molecule has 0 aliphatic carbocycles. The third-order valence-corrected chi connectivity index (χ3v) is 5.65. The summed E-state index contributed by atoms with van der Waals surface area (Å²) in [5.41, 5.74) is 0. The smallest absolute Gasteiger partial charge is 0.328 e. The highest BCUT2D eigenvalue weighted by Crippen LogP contribution is 2.31. The number of unbranched alkanes of at least 4 members (excludes halogenated alkanes) is 3. The van der Waals surface area contributed by atoms with Crippen molar-refractivity contribution in [1.82, 2.24) is 15.0 Å². The van der Waals surface area contributed by atoms with E-state index in [1.54, 1.807) is 6.92 Å². The molecule has 2 aliphatic rings. The SMILES string of the molecule is CCCCC[C@@H](C)C(=O)N(OC(=O)[C@@H]1CC[C@H]2CN1C(=O)N2OCCCC)C(C)=O. The van der Waals surface area contributed by atoms with E-state index in [1.807, 2.05) is 6.92 Å². The van der Waals surface area contributed by atoms with E-state index in [9.17, 15) is 19.2 Å². The Labute approximate surface area is 178 Å². The fourth-order valence-corrected chi connectivity index (χ4v) is 3.79. The van der Waals surface area contributed by atoms with Crippen molar-refractivity contribution in [2.75, 3.05) is 13.2 Å². The normalized spacial score (nSPS) is 21.5. The van der Waals surface area contributed by atoms with E-state index in [1.165, 1.54) is 16.9 Å². The maximum absolute atomic E-state index is 12.8. The molecule has 0 N–H and O–H groups in total. The van der Waals surface area contributed by atoms with Crippen LogP contribution in [0.2, 0.25) is 0 Å². The number of fused-ring (bicyclic) bond motifs is 2. The molecule has 3 atom stereocenters. The van der Waals surface area contributed by atoms with Crippen LogP contribution >= 0.6 is 0 Å². The maximum atomic E-state index is 12.8. The lowest BCUT2D eigenvalue weighted by molar-refractivity contribution is -0.206. The Balaban J connectivity index is 1.99. The number of carbonyl (C=O) groups excluding carboxylic acids is 4. The van der Waals surface area contributed by atoms with Crippen molar-refractivity contribution < 1.29 is 28.9 Å². The van der Waals surface area contributed by atoms with Gasteiger partial charge in [-0.1, -0.05) is 46.5 Å². The molecule has 30 heavy (non-hydrogen) atoms. The molecule has 0 radical (unpaired) electrons. The minimum absolute atomic E-state index is 0.0949. The van der Waals surface area contributed by atoms with E-state index in [0.717, 1.165) is 32.1 Å². The number of hydrogen-bond acceptors (Lipinski definition) is 6. The fourth-order valence-electron chi connectivity index (χ4n) is 3.79. The van der Waals surface area contributed by atoms with Gasteiger partial charge in [-0.05, 0) is 25.7 Å². The Morgan fingerprint density at radius 1 is 1.13 bits per heavy atom. The van der Waals surface area contributed by atoms with Crippen molar-refractivity contribution in [3.05, 3.63) is 0 Å². The highest BCUT2D eigenvalue weighted by atomic mass is 16.7. The molecule has 0 aromatic carbocycles. The zero-order chi connectivity index (χ0) is 22.3. The molecule has 2 aliphatic heterocycles. The van der Waals surface area contributed by atoms with Crippen LogP contribution in [-0.2, 0) is 24.1 Å². The summed E-state index contributed by atoms with van der Waals surface area (Å²) in [6, 6.07) is -1.30. The first-order valence-corrected chi connectivity index (χ1v) is 11.1. The third-order valence-electron chi connectivity index (χ3n) is 5.65. The van der Waals surface area contributed by atoms with Crippen LogP contribution in [0, 0.1) is 5.92 Å². The van der Waals surface area contributed by atoms with Gasteiger partial charge >= 0.3 is 12.0 Å². The Bertz CT molecular complexity index is 640. The van der Waals surface area contributed by atoms with Crippen LogP contribution in [0.5, 0.6) is 0 Å². The molecule has 0 spiro atoms. The molecule has 9 nitrogen and oxygen atoms in total. The largest absolute Gasteiger partial charge is 0.355 e. The fraction of sp³-hybridized carbons (Fsp3) is 0.810. The first kappa shape index (κ1) is 24.1. The summed E-state index contributed by atoms with van der Waals surface area (Å²) >= 11 is 0. The summed E-state index contributed by atoms with van der Waals surface area (Å²) in [7, 11) is 0. The molecule has 2 fully saturated rings. The number of nitrogens with zero attached hydrogens (tertiary/aromatic N) is 3. The van der Waals surface area contributed by atoms with Gasteiger partial charge in [0.15, 0.2) is 0 Å². The van der Waals surface area contributed by atoms with E-state index in [0.29, 0.717) is 37.5 Å². The zero-order valence-corrected chi connectivity index (χ0v) is 18.6. The molecule has 2 bridgehead atoms. The molecule has 9 heteroatoms. The lowest BCUT2D eigenvalue weighted by atomic mass is 10.0. The van der Waals surface area contributed by atoms with Gasteiger partial charge in [-0.2, -0.15) is 5.06 Å². The van der Waals surface area contributed by atoms with E-state index in [-0.39, 0.29) is 12.1 Å². The van der Waals surface area contributed by atoms with Crippen LogP contribution in [0.1, 0.15) is 79.1 Å². The maximum Gasteiger partial charge on any atom is 0.355 e. The highest BCUT2D eigenvalue weighted by molar-refractivity contribution is 5.96. The predicted octanol–water partition coefficient (Wildman–Crippen LogP) is 3.04. The zero-order valence-electron chi connectivity index (χ0n) is 18.6. The number of amides is 4. The van der Waals surface area contributed by atoms with Crippen LogP contribution in [-0.4, -0.2) is 64.1 Å². The van der Waals surface area contributed by atoms with E-state index in [2.05, 4.69) is 6.92 Å². The molecular formula is C21H35N3O6. The Morgan fingerprint density at radius 2 is 1.83 bits per heavy atom. The van der Waals surface area contributed by atoms with Crippen molar-refractivity contribution >= 4 is 23.8 Å². The second-order valence-corrected chi connectivity index (χ2v) is 8.15. The van der Waals surface area contributed by atoms with Crippen molar-refractivity contribution in [2.45, 2.75) is 91.1 Å². The quantitative estimate of drug-likeness (QED) is 0.394. The number of hydroxylamine groups is 4. The molecule has 0 unspecified atom stereocenters. The van der Waals surface area contributed by atoms with E-state index in [4.69, 9.17) is 9.68 Å². The average Bonchev–Trinajstić information content (AvgIpc) is 2.96. The molecule has 2 heterocycles. The Hall–Kier alpha value is -2.16. The number of rotatable bonds is 10. The molecule has 2 rings (SSSR count). The average molecular weight is 426 g/mol. The lowest BCUT2D eigenvalue weighted by Gasteiger charge is -2.30. The number of urea groups is 1. The van der Waals surface area contributed by atoms with Crippen molar-refractivity contribution in [2.24, 2.45) is 5.92 Å². The predicted molar refractivity (Wildman–Crippen MR) is 109 cm³/mol. The van der Waals surface area contributed by atoms with Crippen LogP contribution in [0.4, 0.5) is 4.79 Å². The van der Waals surface area contributed by atoms with Gasteiger partial charge in [-0.3, -0.25) is 14.4 Å². The minimum atomic E-state index is -0.835. The van der Waals surface area contributed by atoms with Gasteiger partial charge in [0, 0.05) is 19.4 Å². The van der Waals surface area contributed by atoms with Gasteiger partial charge in [0.2, 0.25) is 0 Å². The molecule has 0 aromatic rings. The Morgan fingerprint density at radius 3 is 2.47 bits per heavy atom.